The molecular formula is C16H18N2O8S. The number of ether oxygens (including phenoxy) is 1. The molecule has 2 atom stereocenters. The number of carbonyl (C=O) groups excluding carboxylic acids is 5. The lowest BCUT2D eigenvalue weighted by atomic mass is 10.0. The van der Waals surface area contributed by atoms with Crippen LogP contribution in [0.1, 0.15) is 26.7 Å². The summed E-state index contributed by atoms with van der Waals surface area (Å²) < 4.78 is 4.91. The maximum absolute atomic E-state index is 12.3. The van der Waals surface area contributed by atoms with Crippen LogP contribution in [0, 0.1) is 0 Å². The lowest BCUT2D eigenvalue weighted by Gasteiger charge is -2.49. The minimum atomic E-state index is -1.36. The number of β-lactam (4-membered cyclic amide) rings is 1. The summed E-state index contributed by atoms with van der Waals surface area (Å²) in [6.07, 6.45) is -0.779. The number of amides is 2. The van der Waals surface area contributed by atoms with Gasteiger partial charge in [-0.3, -0.25) is 28.9 Å². The Morgan fingerprint density at radius 2 is 1.81 bits per heavy atom. The highest BCUT2D eigenvalue weighted by atomic mass is 32.2. The third-order valence-corrected chi connectivity index (χ3v) is 5.12. The van der Waals surface area contributed by atoms with Gasteiger partial charge in [0.15, 0.2) is 0 Å². The number of fused-ring (bicyclic) bond motifs is 1. The van der Waals surface area contributed by atoms with E-state index >= 15 is 0 Å². The largest absolute Gasteiger partial charge is 0.477 e. The Morgan fingerprint density at radius 1 is 1.19 bits per heavy atom. The lowest BCUT2D eigenvalue weighted by molar-refractivity contribution is -0.151. The van der Waals surface area contributed by atoms with E-state index in [1.165, 1.54) is 25.6 Å². The van der Waals surface area contributed by atoms with Crippen molar-refractivity contribution >= 4 is 47.1 Å². The van der Waals surface area contributed by atoms with E-state index in [1.54, 1.807) is 0 Å². The Morgan fingerprint density at radius 3 is 2.37 bits per heavy atom. The van der Waals surface area contributed by atoms with Crippen molar-refractivity contribution in [3.05, 3.63) is 11.3 Å². The van der Waals surface area contributed by atoms with Crippen LogP contribution in [0.3, 0.4) is 0 Å². The van der Waals surface area contributed by atoms with E-state index in [2.05, 4.69) is 5.32 Å². The Balaban J connectivity index is 2.09. The minimum absolute atomic E-state index is 0.169. The molecule has 0 aromatic rings. The molecule has 0 aromatic heterocycles. The van der Waals surface area contributed by atoms with Gasteiger partial charge in [-0.2, -0.15) is 0 Å². The predicted octanol–water partition coefficient (Wildman–Crippen LogP) is -0.774. The molecule has 11 heteroatoms. The average Bonchev–Trinajstić information content (AvgIpc) is 2.55. The van der Waals surface area contributed by atoms with Gasteiger partial charge < -0.3 is 15.2 Å². The monoisotopic (exact) mass is 398 g/mol. The van der Waals surface area contributed by atoms with Gasteiger partial charge in [0.2, 0.25) is 5.91 Å². The number of carboxylic acid groups (broad SMARTS) is 1. The maximum atomic E-state index is 12.3. The molecular weight excluding hydrogens is 380 g/mol. The number of rotatable bonds is 8. The molecule has 2 N–H and O–H groups in total. The zero-order chi connectivity index (χ0) is 20.3. The van der Waals surface area contributed by atoms with Gasteiger partial charge in [0.25, 0.3) is 5.91 Å². The number of ketones is 2. The summed E-state index contributed by atoms with van der Waals surface area (Å²) >= 11 is 1.21. The van der Waals surface area contributed by atoms with E-state index in [0.29, 0.717) is 0 Å². The number of hydrogen-bond acceptors (Lipinski definition) is 8. The molecule has 2 amide bonds. The number of carboxylic acids is 1. The molecule has 0 saturated carbocycles. The molecule has 0 aliphatic carbocycles. The SMILES string of the molecule is CC(=O)CC(=O)N[C@@H]1C(=O)N2C(C(=O)O)=C(COC(=O)CC(C)=O)CS[C@@H]12. The van der Waals surface area contributed by atoms with Gasteiger partial charge in [-0.25, -0.2) is 4.79 Å². The summed E-state index contributed by atoms with van der Waals surface area (Å²) in [6.45, 7) is 2.12. The fourth-order valence-electron chi connectivity index (χ4n) is 2.67. The number of aliphatic carboxylic acids is 1. The summed E-state index contributed by atoms with van der Waals surface area (Å²) in [4.78, 5) is 70.0. The van der Waals surface area contributed by atoms with Crippen LogP contribution in [-0.2, 0) is 33.5 Å². The van der Waals surface area contributed by atoms with Gasteiger partial charge in [-0.15, -0.1) is 11.8 Å². The Hall–Kier alpha value is -2.69. The number of Topliss-reactive ketones (excluding diaryl/α,β-unsaturated/α-hetero) is 2. The molecule has 2 aliphatic heterocycles. The molecule has 146 valence electrons. The predicted molar refractivity (Wildman–Crippen MR) is 91.2 cm³/mol. The number of carbonyl (C=O) groups is 6. The zero-order valence-electron chi connectivity index (χ0n) is 14.6. The number of nitrogens with zero attached hydrogens (tertiary/aromatic N) is 1. The van der Waals surface area contributed by atoms with Crippen LogP contribution in [-0.4, -0.2) is 69.1 Å². The average molecular weight is 398 g/mol. The quantitative estimate of drug-likeness (QED) is 0.305. The highest BCUT2D eigenvalue weighted by molar-refractivity contribution is 8.00. The molecule has 0 radical (unpaired) electrons. The van der Waals surface area contributed by atoms with Gasteiger partial charge in [-0.1, -0.05) is 0 Å². The number of thioether (sulfide) groups is 1. The third kappa shape index (κ3) is 4.73. The van der Waals surface area contributed by atoms with E-state index in [0.717, 1.165) is 4.90 Å². The van der Waals surface area contributed by atoms with Gasteiger partial charge >= 0.3 is 11.9 Å². The van der Waals surface area contributed by atoms with Gasteiger partial charge in [-0.05, 0) is 13.8 Å². The Bertz CT molecular complexity index is 760. The molecule has 2 rings (SSSR count). The Kier molecular flexibility index (Phi) is 6.37. The summed E-state index contributed by atoms with van der Waals surface area (Å²) in [5, 5.41) is 11.3. The molecule has 0 aromatic carbocycles. The van der Waals surface area contributed by atoms with Crippen molar-refractivity contribution in [1.82, 2.24) is 10.2 Å². The van der Waals surface area contributed by atoms with E-state index in [-0.39, 0.29) is 41.6 Å². The van der Waals surface area contributed by atoms with Crippen molar-refractivity contribution in [2.24, 2.45) is 0 Å². The molecule has 10 nitrogen and oxygen atoms in total. The van der Waals surface area contributed by atoms with E-state index in [9.17, 15) is 33.9 Å². The van der Waals surface area contributed by atoms with Crippen molar-refractivity contribution in [1.29, 1.82) is 0 Å². The standard InChI is InChI=1S/C16H18N2O8S/c1-7(19)3-10(21)17-12-14(23)18-13(16(24)25)9(6-27-15(12)18)5-26-11(22)4-8(2)20/h12,15H,3-6H2,1-2H3,(H,17,21)(H,24,25)/t12-,15+/m1/s1. The first-order valence-electron chi connectivity index (χ1n) is 7.95. The van der Waals surface area contributed by atoms with E-state index < -0.39 is 41.6 Å². The normalized spacial score (nSPS) is 21.1. The van der Waals surface area contributed by atoms with Crippen LogP contribution >= 0.6 is 11.8 Å². The molecule has 2 aliphatic rings. The summed E-state index contributed by atoms with van der Waals surface area (Å²) in [5.74, 6) is -3.93. The first-order valence-corrected chi connectivity index (χ1v) is 9.00. The van der Waals surface area contributed by atoms with Crippen molar-refractivity contribution in [2.75, 3.05) is 12.4 Å². The van der Waals surface area contributed by atoms with Crippen LogP contribution in [0.5, 0.6) is 0 Å². The summed E-state index contributed by atoms with van der Waals surface area (Å²) in [5.41, 5.74) is -0.0704. The number of nitrogens with one attached hydrogen (secondary N) is 1. The summed E-state index contributed by atoms with van der Waals surface area (Å²) in [6, 6.07) is -0.919. The summed E-state index contributed by atoms with van der Waals surface area (Å²) in [7, 11) is 0. The third-order valence-electron chi connectivity index (χ3n) is 3.78. The second kappa shape index (κ2) is 8.33. The van der Waals surface area contributed by atoms with Gasteiger partial charge in [0.1, 0.15) is 41.7 Å². The van der Waals surface area contributed by atoms with Crippen LogP contribution < -0.4 is 5.32 Å². The number of esters is 1. The maximum Gasteiger partial charge on any atom is 0.352 e. The second-order valence-electron chi connectivity index (χ2n) is 6.13. The zero-order valence-corrected chi connectivity index (χ0v) is 15.5. The van der Waals surface area contributed by atoms with Crippen molar-refractivity contribution < 1.29 is 38.6 Å². The Labute approximate surface area is 158 Å². The first-order chi connectivity index (χ1) is 12.6. The molecule has 0 spiro atoms. The van der Waals surface area contributed by atoms with Crippen LogP contribution in [0.2, 0.25) is 0 Å². The van der Waals surface area contributed by atoms with Crippen LogP contribution in [0.15, 0.2) is 11.3 Å². The lowest BCUT2D eigenvalue weighted by Crippen LogP contribution is -2.70. The molecule has 0 unspecified atom stereocenters. The highest BCUT2D eigenvalue weighted by Crippen LogP contribution is 2.40. The minimum Gasteiger partial charge on any atom is -0.477 e. The molecule has 27 heavy (non-hydrogen) atoms. The van der Waals surface area contributed by atoms with E-state index in [4.69, 9.17) is 4.74 Å². The fourth-order valence-corrected chi connectivity index (χ4v) is 3.99. The molecule has 1 fully saturated rings. The molecule has 2 heterocycles. The van der Waals surface area contributed by atoms with Crippen molar-refractivity contribution in [3.8, 4) is 0 Å². The molecule has 0 bridgehead atoms. The van der Waals surface area contributed by atoms with Crippen LogP contribution in [0.25, 0.3) is 0 Å². The second-order valence-corrected chi connectivity index (χ2v) is 7.24. The van der Waals surface area contributed by atoms with Crippen molar-refractivity contribution in [2.45, 2.75) is 38.1 Å². The van der Waals surface area contributed by atoms with E-state index in [1.807, 2.05) is 0 Å². The molecule has 1 saturated heterocycles. The fraction of sp³-hybridized carbons (Fsp3) is 0.500. The smallest absolute Gasteiger partial charge is 0.352 e. The van der Waals surface area contributed by atoms with Gasteiger partial charge in [0, 0.05) is 11.3 Å². The first kappa shape index (κ1) is 20.6. The topological polar surface area (TPSA) is 147 Å². The number of hydrogen-bond donors (Lipinski definition) is 2. The van der Waals surface area contributed by atoms with Gasteiger partial charge in [0.05, 0.1) is 6.42 Å². The van der Waals surface area contributed by atoms with Crippen molar-refractivity contribution in [3.63, 3.8) is 0 Å². The highest BCUT2D eigenvalue weighted by Gasteiger charge is 2.54. The van der Waals surface area contributed by atoms with Crippen LogP contribution in [0.4, 0.5) is 0 Å².